The summed E-state index contributed by atoms with van der Waals surface area (Å²) in [6, 6.07) is 0. The quantitative estimate of drug-likeness (QED) is 0.430. The first kappa shape index (κ1) is 7.36. The zero-order valence-electron chi connectivity index (χ0n) is 3.56. The van der Waals surface area contributed by atoms with Crippen LogP contribution in [0.1, 0.15) is 0 Å². The smallest absolute Gasteiger partial charge is 0.231 e. The van der Waals surface area contributed by atoms with E-state index in [1.54, 1.807) is 0 Å². The van der Waals surface area contributed by atoms with E-state index in [1.807, 2.05) is 0 Å². The van der Waals surface area contributed by atoms with Crippen LogP contribution in [0.4, 0.5) is 0 Å². The van der Waals surface area contributed by atoms with Gasteiger partial charge in [-0.25, -0.2) is 8.93 Å². The predicted octanol–water partition coefficient (Wildman–Crippen LogP) is -0.0485. The van der Waals surface area contributed by atoms with Crippen LogP contribution in [0.5, 0.6) is 0 Å². The molecule has 0 amide bonds. The first-order valence-electron chi connectivity index (χ1n) is 1.67. The molecule has 0 bridgehead atoms. The van der Waals surface area contributed by atoms with Gasteiger partial charge in [0.1, 0.15) is 0 Å². The van der Waals surface area contributed by atoms with E-state index in [4.69, 9.17) is 16.2 Å². The number of nitrogens with one attached hydrogen (secondary N) is 1. The molecular weight excluding hydrogens is 138 g/mol. The summed E-state index contributed by atoms with van der Waals surface area (Å²) in [6.07, 6.45) is 0. The molecule has 0 radical (unpaired) electrons. The van der Waals surface area contributed by atoms with E-state index in [2.05, 4.69) is 4.72 Å². The zero-order valence-corrected chi connectivity index (χ0v) is 5.13. The number of hydrogen-bond donors (Lipinski definition) is 2. The Morgan fingerprint density at radius 3 is 2.57 bits per heavy atom. The van der Waals surface area contributed by atoms with Gasteiger partial charge in [-0.2, -0.15) is 0 Å². The van der Waals surface area contributed by atoms with Crippen molar-refractivity contribution in [2.45, 2.75) is 0 Å². The van der Waals surface area contributed by atoms with Gasteiger partial charge < -0.3 is 0 Å². The molecule has 7 heavy (non-hydrogen) atoms. The summed E-state index contributed by atoms with van der Waals surface area (Å²) in [6.45, 7) is 0.366. The second kappa shape index (κ2) is 4.52. The Morgan fingerprint density at radius 2 is 2.43 bits per heavy atom. The summed E-state index contributed by atoms with van der Waals surface area (Å²) in [5, 5.41) is 0. The summed E-state index contributed by atoms with van der Waals surface area (Å²) in [5.74, 6) is 0.353. The van der Waals surface area contributed by atoms with Crippen molar-refractivity contribution in [3.05, 3.63) is 0 Å². The molecule has 0 aromatic heterocycles. The third-order valence-electron chi connectivity index (χ3n) is 0.320. The predicted molar refractivity (Wildman–Crippen MR) is 29.5 cm³/mol. The zero-order chi connectivity index (χ0) is 5.70. The highest BCUT2D eigenvalue weighted by molar-refractivity contribution is 7.77. The number of rotatable bonds is 3. The highest BCUT2D eigenvalue weighted by atomic mass is 35.5. The molecular formula is C2H6ClNO2S. The van der Waals surface area contributed by atoms with Crippen molar-refractivity contribution in [3.8, 4) is 0 Å². The van der Waals surface area contributed by atoms with Crippen LogP contribution in [-0.4, -0.2) is 21.2 Å². The number of halogens is 1. The highest BCUT2D eigenvalue weighted by Gasteiger charge is 1.85. The van der Waals surface area contributed by atoms with Gasteiger partial charge in [0.15, 0.2) is 0 Å². The van der Waals surface area contributed by atoms with Crippen molar-refractivity contribution < 1.29 is 8.76 Å². The van der Waals surface area contributed by atoms with Gasteiger partial charge in [-0.05, 0) is 0 Å². The van der Waals surface area contributed by atoms with Crippen molar-refractivity contribution in [1.82, 2.24) is 4.72 Å². The fourth-order valence-corrected chi connectivity index (χ4v) is 0.609. The van der Waals surface area contributed by atoms with Crippen molar-refractivity contribution in [2.24, 2.45) is 0 Å². The molecule has 0 saturated carbocycles. The van der Waals surface area contributed by atoms with E-state index >= 15 is 0 Å². The Bertz CT molecular complexity index is 68.7. The molecule has 0 heterocycles. The molecule has 0 aliphatic carbocycles. The topological polar surface area (TPSA) is 49.3 Å². The van der Waals surface area contributed by atoms with Crippen LogP contribution in [0.15, 0.2) is 0 Å². The largest absolute Gasteiger partial charge is 0.294 e. The van der Waals surface area contributed by atoms with E-state index in [-0.39, 0.29) is 0 Å². The van der Waals surface area contributed by atoms with Gasteiger partial charge in [-0.3, -0.25) is 4.55 Å². The molecule has 0 aromatic carbocycles. The third kappa shape index (κ3) is 6.36. The van der Waals surface area contributed by atoms with Crippen LogP contribution >= 0.6 is 11.6 Å². The Balaban J connectivity index is 2.82. The van der Waals surface area contributed by atoms with Gasteiger partial charge in [-0.1, -0.05) is 0 Å². The average molecular weight is 144 g/mol. The van der Waals surface area contributed by atoms with Gasteiger partial charge in [0, 0.05) is 12.4 Å². The standard InChI is InChI=1S/C2H6ClNO2S/c3-1-2-4-7(5)6/h4H,1-2H2,(H,5,6). The summed E-state index contributed by atoms with van der Waals surface area (Å²) < 4.78 is 19.9. The van der Waals surface area contributed by atoms with Crippen molar-refractivity contribution >= 4 is 22.9 Å². The van der Waals surface area contributed by atoms with E-state index in [9.17, 15) is 4.21 Å². The van der Waals surface area contributed by atoms with Crippen LogP contribution in [-0.2, 0) is 11.3 Å². The lowest BCUT2D eigenvalue weighted by molar-refractivity contribution is 0.551. The van der Waals surface area contributed by atoms with Crippen LogP contribution in [0.25, 0.3) is 0 Å². The Hall–Kier alpha value is 0.360. The molecule has 1 atom stereocenters. The maximum atomic E-state index is 9.70. The monoisotopic (exact) mass is 143 g/mol. The molecule has 0 saturated heterocycles. The Morgan fingerprint density at radius 1 is 1.86 bits per heavy atom. The minimum absolute atomic E-state index is 0.353. The van der Waals surface area contributed by atoms with Crippen molar-refractivity contribution in [1.29, 1.82) is 0 Å². The lowest BCUT2D eigenvalue weighted by Crippen LogP contribution is -2.17. The normalized spacial score (nSPS) is 14.0. The van der Waals surface area contributed by atoms with Crippen LogP contribution < -0.4 is 4.72 Å². The summed E-state index contributed by atoms with van der Waals surface area (Å²) >= 11 is 3.24. The molecule has 3 nitrogen and oxygen atoms in total. The number of alkyl halides is 1. The lowest BCUT2D eigenvalue weighted by Gasteiger charge is -1.89. The molecule has 0 aliphatic rings. The Kier molecular flexibility index (Phi) is 4.75. The minimum atomic E-state index is -1.90. The second-order valence-corrected chi connectivity index (χ2v) is 2.00. The van der Waals surface area contributed by atoms with E-state index in [0.29, 0.717) is 12.4 Å². The maximum Gasteiger partial charge on any atom is 0.231 e. The molecule has 44 valence electrons. The first-order valence-corrected chi connectivity index (χ1v) is 3.32. The van der Waals surface area contributed by atoms with Gasteiger partial charge in [-0.15, -0.1) is 11.6 Å². The average Bonchev–Trinajstić information content (AvgIpc) is 1.61. The highest BCUT2D eigenvalue weighted by Crippen LogP contribution is 1.69. The molecule has 0 fully saturated rings. The minimum Gasteiger partial charge on any atom is -0.294 e. The maximum absolute atomic E-state index is 9.70. The van der Waals surface area contributed by atoms with Crippen LogP contribution in [0.3, 0.4) is 0 Å². The van der Waals surface area contributed by atoms with Gasteiger partial charge in [0.05, 0.1) is 0 Å². The van der Waals surface area contributed by atoms with E-state index < -0.39 is 11.3 Å². The Labute approximate surface area is 49.5 Å². The molecule has 0 rings (SSSR count). The fraction of sp³-hybridized carbons (Fsp3) is 1.00. The third-order valence-corrected chi connectivity index (χ3v) is 0.960. The SMILES string of the molecule is O=S(O)NCCCl. The van der Waals surface area contributed by atoms with Crippen LogP contribution in [0.2, 0.25) is 0 Å². The fourth-order valence-electron chi connectivity index (χ4n) is 0.126. The van der Waals surface area contributed by atoms with E-state index in [1.165, 1.54) is 0 Å². The summed E-state index contributed by atoms with van der Waals surface area (Å²) in [4.78, 5) is 0. The summed E-state index contributed by atoms with van der Waals surface area (Å²) in [7, 11) is 0. The van der Waals surface area contributed by atoms with Gasteiger partial charge >= 0.3 is 0 Å². The van der Waals surface area contributed by atoms with Crippen molar-refractivity contribution in [3.63, 3.8) is 0 Å². The van der Waals surface area contributed by atoms with Crippen molar-refractivity contribution in [2.75, 3.05) is 12.4 Å². The molecule has 0 spiro atoms. The molecule has 0 aromatic rings. The van der Waals surface area contributed by atoms with Crippen LogP contribution in [0, 0.1) is 0 Å². The number of hydrogen-bond acceptors (Lipinski definition) is 1. The summed E-state index contributed by atoms with van der Waals surface area (Å²) in [5.41, 5.74) is 0. The molecule has 1 unspecified atom stereocenters. The lowest BCUT2D eigenvalue weighted by atomic mass is 10.8. The molecule has 0 aliphatic heterocycles. The molecule has 5 heteroatoms. The van der Waals surface area contributed by atoms with Gasteiger partial charge in [0.2, 0.25) is 11.3 Å². The van der Waals surface area contributed by atoms with Gasteiger partial charge in [0.25, 0.3) is 0 Å². The first-order chi connectivity index (χ1) is 3.27. The van der Waals surface area contributed by atoms with E-state index in [0.717, 1.165) is 0 Å². The second-order valence-electron chi connectivity index (χ2n) is 0.832. The molecule has 2 N–H and O–H groups in total.